The van der Waals surface area contributed by atoms with E-state index in [1.165, 1.54) is 4.88 Å². The summed E-state index contributed by atoms with van der Waals surface area (Å²) >= 11 is 7.91. The molecule has 0 saturated carbocycles. The molecule has 0 amide bonds. The summed E-state index contributed by atoms with van der Waals surface area (Å²) in [5, 5.41) is 5.15. The van der Waals surface area contributed by atoms with Gasteiger partial charge in [-0.25, -0.2) is 4.98 Å². The number of aromatic nitrogens is 1. The summed E-state index contributed by atoms with van der Waals surface area (Å²) in [6, 6.07) is 7.99. The lowest BCUT2D eigenvalue weighted by Crippen LogP contribution is -2.16. The first kappa shape index (κ1) is 15.3. The number of anilines is 1. The van der Waals surface area contributed by atoms with Crippen molar-refractivity contribution in [3.8, 4) is 0 Å². The van der Waals surface area contributed by atoms with Crippen LogP contribution in [0.25, 0.3) is 0 Å². The normalized spacial score (nSPS) is 11.0. The van der Waals surface area contributed by atoms with Crippen LogP contribution in [0.2, 0.25) is 5.02 Å². The van der Waals surface area contributed by atoms with Gasteiger partial charge in [-0.15, -0.1) is 11.3 Å². The first-order valence-corrected chi connectivity index (χ1v) is 7.99. The lowest BCUT2D eigenvalue weighted by Gasteiger charge is -2.16. The Labute approximate surface area is 129 Å². The van der Waals surface area contributed by atoms with Crippen molar-refractivity contribution in [2.45, 2.75) is 26.4 Å². The van der Waals surface area contributed by atoms with Crippen molar-refractivity contribution in [3.63, 3.8) is 0 Å². The molecule has 0 fully saturated rings. The SMILES string of the molecule is CCCNc1ncc(CN(C)Cc2ccccc2Cl)s1. The van der Waals surface area contributed by atoms with Crippen LogP contribution in [0.15, 0.2) is 30.5 Å². The van der Waals surface area contributed by atoms with Gasteiger partial charge in [-0.3, -0.25) is 4.90 Å². The Balaban J connectivity index is 1.89. The van der Waals surface area contributed by atoms with Gasteiger partial charge < -0.3 is 5.32 Å². The molecule has 0 aliphatic rings. The third-order valence-corrected chi connectivity index (χ3v) is 4.21. The minimum Gasteiger partial charge on any atom is -0.362 e. The van der Waals surface area contributed by atoms with E-state index in [0.29, 0.717) is 0 Å². The molecule has 0 saturated heterocycles. The zero-order valence-electron chi connectivity index (χ0n) is 11.9. The third kappa shape index (κ3) is 4.47. The Kier molecular flexibility index (Phi) is 5.83. The van der Waals surface area contributed by atoms with Crippen molar-refractivity contribution in [1.82, 2.24) is 9.88 Å². The molecule has 0 unspecified atom stereocenters. The Morgan fingerprint density at radius 1 is 1.30 bits per heavy atom. The molecule has 1 heterocycles. The van der Waals surface area contributed by atoms with E-state index in [2.05, 4.69) is 35.2 Å². The van der Waals surface area contributed by atoms with Crippen LogP contribution in [-0.2, 0) is 13.1 Å². The van der Waals surface area contributed by atoms with Gasteiger partial charge >= 0.3 is 0 Å². The molecule has 0 aliphatic carbocycles. The first-order valence-electron chi connectivity index (χ1n) is 6.79. The minimum absolute atomic E-state index is 0.828. The third-order valence-electron chi connectivity index (χ3n) is 2.90. The maximum Gasteiger partial charge on any atom is 0.182 e. The smallest absolute Gasteiger partial charge is 0.182 e. The highest BCUT2D eigenvalue weighted by Crippen LogP contribution is 2.21. The van der Waals surface area contributed by atoms with Crippen LogP contribution in [-0.4, -0.2) is 23.5 Å². The van der Waals surface area contributed by atoms with Crippen LogP contribution in [0.3, 0.4) is 0 Å². The fourth-order valence-corrected chi connectivity index (χ4v) is 3.05. The van der Waals surface area contributed by atoms with Gasteiger partial charge in [0.1, 0.15) is 0 Å². The summed E-state index contributed by atoms with van der Waals surface area (Å²) in [6.45, 7) is 4.85. The number of hydrogen-bond donors (Lipinski definition) is 1. The van der Waals surface area contributed by atoms with E-state index < -0.39 is 0 Å². The maximum atomic E-state index is 6.19. The number of rotatable bonds is 7. The quantitative estimate of drug-likeness (QED) is 0.828. The highest BCUT2D eigenvalue weighted by atomic mass is 35.5. The molecular weight excluding hydrogens is 290 g/mol. The second kappa shape index (κ2) is 7.62. The highest BCUT2D eigenvalue weighted by molar-refractivity contribution is 7.15. The molecular formula is C15H20ClN3S. The molecule has 0 spiro atoms. The van der Waals surface area contributed by atoms with Gasteiger partial charge in [0.05, 0.1) is 0 Å². The van der Waals surface area contributed by atoms with Crippen molar-refractivity contribution in [2.75, 3.05) is 18.9 Å². The molecule has 0 bridgehead atoms. The summed E-state index contributed by atoms with van der Waals surface area (Å²) in [4.78, 5) is 7.90. The van der Waals surface area contributed by atoms with Crippen LogP contribution >= 0.6 is 22.9 Å². The summed E-state index contributed by atoms with van der Waals surface area (Å²) in [6.07, 6.45) is 3.06. The fourth-order valence-electron chi connectivity index (χ4n) is 1.93. The second-order valence-electron chi connectivity index (χ2n) is 4.82. The van der Waals surface area contributed by atoms with Crippen LogP contribution in [0.1, 0.15) is 23.8 Å². The molecule has 0 aliphatic heterocycles. The van der Waals surface area contributed by atoms with E-state index in [1.807, 2.05) is 24.4 Å². The van der Waals surface area contributed by atoms with E-state index in [9.17, 15) is 0 Å². The Morgan fingerprint density at radius 3 is 2.85 bits per heavy atom. The molecule has 5 heteroatoms. The van der Waals surface area contributed by atoms with Gasteiger partial charge in [0, 0.05) is 35.7 Å². The number of hydrogen-bond acceptors (Lipinski definition) is 4. The predicted molar refractivity (Wildman–Crippen MR) is 87.5 cm³/mol. The summed E-state index contributed by atoms with van der Waals surface area (Å²) in [5.41, 5.74) is 1.16. The zero-order chi connectivity index (χ0) is 14.4. The zero-order valence-corrected chi connectivity index (χ0v) is 13.5. The van der Waals surface area contributed by atoms with Gasteiger partial charge in [-0.1, -0.05) is 36.7 Å². The largest absolute Gasteiger partial charge is 0.362 e. The van der Waals surface area contributed by atoms with Gasteiger partial charge in [0.25, 0.3) is 0 Å². The number of nitrogens with zero attached hydrogens (tertiary/aromatic N) is 2. The fraction of sp³-hybridized carbons (Fsp3) is 0.400. The first-order chi connectivity index (χ1) is 9.69. The molecule has 0 atom stereocenters. The average Bonchev–Trinajstić information content (AvgIpc) is 2.86. The number of nitrogens with one attached hydrogen (secondary N) is 1. The minimum atomic E-state index is 0.828. The molecule has 1 aromatic carbocycles. The molecule has 1 N–H and O–H groups in total. The Hall–Kier alpha value is -1.10. The lowest BCUT2D eigenvalue weighted by molar-refractivity contribution is 0.322. The van der Waals surface area contributed by atoms with Gasteiger partial charge in [0.15, 0.2) is 5.13 Å². The van der Waals surface area contributed by atoms with Crippen molar-refractivity contribution in [1.29, 1.82) is 0 Å². The topological polar surface area (TPSA) is 28.2 Å². The van der Waals surface area contributed by atoms with E-state index in [0.717, 1.165) is 41.8 Å². The molecule has 1 aromatic heterocycles. The molecule has 2 rings (SSSR count). The Bertz CT molecular complexity index is 541. The van der Waals surface area contributed by atoms with E-state index in [4.69, 9.17) is 11.6 Å². The standard InChI is InChI=1S/C15H20ClN3S/c1-3-8-17-15-18-9-13(20-15)11-19(2)10-12-6-4-5-7-14(12)16/h4-7,9H,3,8,10-11H2,1-2H3,(H,17,18). The lowest BCUT2D eigenvalue weighted by atomic mass is 10.2. The number of halogens is 1. The second-order valence-corrected chi connectivity index (χ2v) is 6.34. The van der Waals surface area contributed by atoms with E-state index in [-0.39, 0.29) is 0 Å². The van der Waals surface area contributed by atoms with Crippen LogP contribution in [0.5, 0.6) is 0 Å². The van der Waals surface area contributed by atoms with Crippen molar-refractivity contribution >= 4 is 28.1 Å². The monoisotopic (exact) mass is 309 g/mol. The molecule has 0 radical (unpaired) electrons. The molecule has 20 heavy (non-hydrogen) atoms. The highest BCUT2D eigenvalue weighted by Gasteiger charge is 2.07. The van der Waals surface area contributed by atoms with Crippen LogP contribution in [0, 0.1) is 0 Å². The van der Waals surface area contributed by atoms with Crippen molar-refractivity contribution in [3.05, 3.63) is 45.9 Å². The average molecular weight is 310 g/mol. The number of thiazole rings is 1. The van der Waals surface area contributed by atoms with Crippen molar-refractivity contribution < 1.29 is 0 Å². The van der Waals surface area contributed by atoms with E-state index >= 15 is 0 Å². The number of benzene rings is 1. The van der Waals surface area contributed by atoms with Gasteiger partial charge in [-0.05, 0) is 25.1 Å². The predicted octanol–water partition coefficient (Wildman–Crippen LogP) is 4.25. The van der Waals surface area contributed by atoms with Crippen LogP contribution < -0.4 is 5.32 Å². The molecule has 108 valence electrons. The van der Waals surface area contributed by atoms with Gasteiger partial charge in [-0.2, -0.15) is 0 Å². The van der Waals surface area contributed by atoms with Gasteiger partial charge in [0.2, 0.25) is 0 Å². The summed E-state index contributed by atoms with van der Waals surface area (Å²) < 4.78 is 0. The molecule has 2 aromatic rings. The van der Waals surface area contributed by atoms with Crippen molar-refractivity contribution in [2.24, 2.45) is 0 Å². The summed E-state index contributed by atoms with van der Waals surface area (Å²) in [5.74, 6) is 0. The maximum absolute atomic E-state index is 6.19. The van der Waals surface area contributed by atoms with Crippen LogP contribution in [0.4, 0.5) is 5.13 Å². The molecule has 3 nitrogen and oxygen atoms in total. The Morgan fingerprint density at radius 2 is 2.10 bits per heavy atom. The van der Waals surface area contributed by atoms with E-state index in [1.54, 1.807) is 11.3 Å². The summed E-state index contributed by atoms with van der Waals surface area (Å²) in [7, 11) is 2.10.